The molecule has 2 unspecified atom stereocenters. The van der Waals surface area contributed by atoms with Gasteiger partial charge < -0.3 is 5.32 Å². The first-order valence-electron chi connectivity index (χ1n) is 5.93. The van der Waals surface area contributed by atoms with Crippen molar-refractivity contribution in [1.82, 2.24) is 5.32 Å². The average Bonchev–Trinajstić information content (AvgIpc) is 2.76. The second kappa shape index (κ2) is 6.19. The Bertz CT molecular complexity index is 455. The van der Waals surface area contributed by atoms with Gasteiger partial charge in [-0.2, -0.15) is 0 Å². The van der Waals surface area contributed by atoms with Crippen molar-refractivity contribution in [2.45, 2.75) is 25.3 Å². The molecule has 1 fully saturated rings. The van der Waals surface area contributed by atoms with Crippen LogP contribution in [0.4, 0.5) is 4.39 Å². The van der Waals surface area contributed by atoms with Crippen molar-refractivity contribution in [1.29, 1.82) is 0 Å². The first kappa shape index (κ1) is 14.1. The van der Waals surface area contributed by atoms with Crippen LogP contribution in [0.2, 0.25) is 0 Å². The Labute approximate surface area is 124 Å². The zero-order chi connectivity index (χ0) is 13.1. The summed E-state index contributed by atoms with van der Waals surface area (Å²) >= 11 is 7.86. The second-order valence-corrected chi connectivity index (χ2v) is 6.02. The Hall–Kier alpha value is -0.360. The van der Waals surface area contributed by atoms with Crippen LogP contribution in [-0.4, -0.2) is 17.8 Å². The zero-order valence-electron chi connectivity index (χ0n) is 9.76. The quantitative estimate of drug-likeness (QED) is 0.629. The van der Waals surface area contributed by atoms with Gasteiger partial charge in [0.1, 0.15) is 5.82 Å². The molecule has 1 amide bonds. The van der Waals surface area contributed by atoms with Gasteiger partial charge in [0.05, 0.1) is 5.56 Å². The molecule has 1 aromatic rings. The largest absolute Gasteiger partial charge is 0.349 e. The van der Waals surface area contributed by atoms with Crippen molar-refractivity contribution in [2.75, 3.05) is 5.88 Å². The minimum Gasteiger partial charge on any atom is -0.349 e. The summed E-state index contributed by atoms with van der Waals surface area (Å²) in [6.07, 6.45) is 3.14. The molecule has 0 aromatic heterocycles. The molecule has 0 heterocycles. The minimum atomic E-state index is -0.324. The van der Waals surface area contributed by atoms with E-state index in [4.69, 9.17) is 11.6 Å². The summed E-state index contributed by atoms with van der Waals surface area (Å²) in [7, 11) is 0. The fourth-order valence-corrected chi connectivity index (χ4v) is 3.42. The van der Waals surface area contributed by atoms with Gasteiger partial charge in [0.25, 0.3) is 5.91 Å². The van der Waals surface area contributed by atoms with Gasteiger partial charge >= 0.3 is 0 Å². The predicted octanol–water partition coefficient (Wildman–Crippen LogP) is 3.57. The van der Waals surface area contributed by atoms with Gasteiger partial charge in [-0.25, -0.2) is 4.39 Å². The first-order chi connectivity index (χ1) is 8.61. The number of halogens is 3. The lowest BCUT2D eigenvalue weighted by molar-refractivity contribution is 0.0929. The summed E-state index contributed by atoms with van der Waals surface area (Å²) in [6, 6.07) is 4.35. The van der Waals surface area contributed by atoms with Gasteiger partial charge in [-0.1, -0.05) is 6.42 Å². The second-order valence-electron chi connectivity index (χ2n) is 4.55. The van der Waals surface area contributed by atoms with Crippen LogP contribution in [0.5, 0.6) is 0 Å². The summed E-state index contributed by atoms with van der Waals surface area (Å²) in [6.45, 7) is 0. The lowest BCUT2D eigenvalue weighted by Gasteiger charge is -2.19. The number of rotatable bonds is 3. The average molecular weight is 382 g/mol. The highest BCUT2D eigenvalue weighted by atomic mass is 127. The first-order valence-corrected chi connectivity index (χ1v) is 7.55. The van der Waals surface area contributed by atoms with Crippen LogP contribution < -0.4 is 5.32 Å². The highest BCUT2D eigenvalue weighted by molar-refractivity contribution is 14.1. The molecule has 1 N–H and O–H groups in total. The standard InChI is InChI=1S/C13H14ClFINO/c14-7-8-2-1-3-12(8)17-13(18)10-5-4-9(15)6-11(10)16/h4-6,8,12H,1-3,7H2,(H,17,18). The van der Waals surface area contributed by atoms with Crippen LogP contribution in [0, 0.1) is 15.3 Å². The molecular formula is C13H14ClFINO. The maximum absolute atomic E-state index is 13.0. The maximum Gasteiger partial charge on any atom is 0.252 e. The van der Waals surface area contributed by atoms with E-state index in [1.807, 2.05) is 22.6 Å². The van der Waals surface area contributed by atoms with Crippen molar-refractivity contribution in [3.8, 4) is 0 Å². The molecular weight excluding hydrogens is 368 g/mol. The lowest BCUT2D eigenvalue weighted by atomic mass is 10.1. The number of carbonyl (C=O) groups excluding carboxylic acids is 1. The third kappa shape index (κ3) is 3.15. The number of carbonyl (C=O) groups is 1. The molecule has 98 valence electrons. The number of hydrogen-bond donors (Lipinski definition) is 1. The number of nitrogens with one attached hydrogen (secondary N) is 1. The van der Waals surface area contributed by atoms with E-state index in [2.05, 4.69) is 5.32 Å². The molecule has 2 rings (SSSR count). The van der Waals surface area contributed by atoms with Crippen molar-refractivity contribution in [3.63, 3.8) is 0 Å². The van der Waals surface area contributed by atoms with Crippen LogP contribution in [0.1, 0.15) is 29.6 Å². The van der Waals surface area contributed by atoms with E-state index in [-0.39, 0.29) is 17.8 Å². The van der Waals surface area contributed by atoms with Gasteiger partial charge in [0, 0.05) is 15.5 Å². The maximum atomic E-state index is 13.0. The van der Waals surface area contributed by atoms with Crippen LogP contribution in [-0.2, 0) is 0 Å². The normalized spacial score (nSPS) is 23.1. The van der Waals surface area contributed by atoms with Crippen LogP contribution >= 0.6 is 34.2 Å². The fourth-order valence-electron chi connectivity index (χ4n) is 2.33. The predicted molar refractivity (Wildman–Crippen MR) is 78.4 cm³/mol. The Morgan fingerprint density at radius 2 is 2.28 bits per heavy atom. The van der Waals surface area contributed by atoms with Crippen molar-refractivity contribution in [3.05, 3.63) is 33.1 Å². The lowest BCUT2D eigenvalue weighted by Crippen LogP contribution is -2.38. The SMILES string of the molecule is O=C(NC1CCCC1CCl)c1ccc(F)cc1I. The van der Waals surface area contributed by atoms with E-state index in [1.54, 1.807) is 0 Å². The van der Waals surface area contributed by atoms with Crippen molar-refractivity contribution < 1.29 is 9.18 Å². The molecule has 18 heavy (non-hydrogen) atoms. The fraction of sp³-hybridized carbons (Fsp3) is 0.462. The molecule has 2 nitrogen and oxygen atoms in total. The number of amides is 1. The van der Waals surface area contributed by atoms with Crippen LogP contribution in [0.3, 0.4) is 0 Å². The number of alkyl halides is 1. The smallest absolute Gasteiger partial charge is 0.252 e. The van der Waals surface area contributed by atoms with Crippen molar-refractivity contribution >= 4 is 40.1 Å². The molecule has 0 spiro atoms. The van der Waals surface area contributed by atoms with E-state index in [0.29, 0.717) is 20.9 Å². The van der Waals surface area contributed by atoms with Crippen LogP contribution in [0.15, 0.2) is 18.2 Å². The highest BCUT2D eigenvalue weighted by Crippen LogP contribution is 2.27. The van der Waals surface area contributed by atoms with E-state index >= 15 is 0 Å². The topological polar surface area (TPSA) is 29.1 Å². The van der Waals surface area contributed by atoms with E-state index in [9.17, 15) is 9.18 Å². The third-order valence-electron chi connectivity index (χ3n) is 3.35. The van der Waals surface area contributed by atoms with Crippen LogP contribution in [0.25, 0.3) is 0 Å². The summed E-state index contributed by atoms with van der Waals surface area (Å²) in [5, 5.41) is 3.01. The van der Waals surface area contributed by atoms with Gasteiger partial charge in [-0.3, -0.25) is 4.79 Å². The summed E-state index contributed by atoms with van der Waals surface area (Å²) in [5.74, 6) is 0.469. The third-order valence-corrected chi connectivity index (χ3v) is 4.64. The zero-order valence-corrected chi connectivity index (χ0v) is 12.7. The molecule has 1 aliphatic rings. The van der Waals surface area contributed by atoms with Crippen molar-refractivity contribution in [2.24, 2.45) is 5.92 Å². The molecule has 0 saturated heterocycles. The molecule has 2 atom stereocenters. The van der Waals surface area contributed by atoms with E-state index in [0.717, 1.165) is 19.3 Å². The summed E-state index contributed by atoms with van der Waals surface area (Å²) < 4.78 is 13.6. The van der Waals surface area contributed by atoms with E-state index in [1.165, 1.54) is 18.2 Å². The number of benzene rings is 1. The van der Waals surface area contributed by atoms with Gasteiger partial charge in [0.2, 0.25) is 0 Å². The molecule has 1 saturated carbocycles. The Morgan fingerprint density at radius 3 is 2.94 bits per heavy atom. The van der Waals surface area contributed by atoms with Gasteiger partial charge in [-0.05, 0) is 59.5 Å². The number of hydrogen-bond acceptors (Lipinski definition) is 1. The summed E-state index contributed by atoms with van der Waals surface area (Å²) in [4.78, 5) is 12.1. The van der Waals surface area contributed by atoms with Gasteiger partial charge in [-0.15, -0.1) is 11.6 Å². The molecule has 0 bridgehead atoms. The molecule has 5 heteroatoms. The molecule has 1 aliphatic carbocycles. The highest BCUT2D eigenvalue weighted by Gasteiger charge is 2.28. The molecule has 1 aromatic carbocycles. The Kier molecular flexibility index (Phi) is 4.84. The van der Waals surface area contributed by atoms with E-state index < -0.39 is 0 Å². The molecule has 0 radical (unpaired) electrons. The molecule has 0 aliphatic heterocycles. The monoisotopic (exact) mass is 381 g/mol. The Morgan fingerprint density at radius 1 is 1.50 bits per heavy atom. The summed E-state index contributed by atoms with van der Waals surface area (Å²) in [5.41, 5.74) is 0.525. The Balaban J connectivity index is 2.07. The van der Waals surface area contributed by atoms with Gasteiger partial charge in [0.15, 0.2) is 0 Å². The minimum absolute atomic E-state index is 0.138.